The minimum Gasteiger partial charge on any atom is -0.382 e. The van der Waals surface area contributed by atoms with E-state index in [0.29, 0.717) is 38.3 Å². The van der Waals surface area contributed by atoms with E-state index in [1.165, 1.54) is 4.90 Å². The van der Waals surface area contributed by atoms with Crippen LogP contribution in [-0.4, -0.2) is 55.0 Å². The quantitative estimate of drug-likeness (QED) is 0.232. The molecule has 2 heterocycles. The smallest absolute Gasteiger partial charge is 0.255 e. The Hall–Kier alpha value is -3.10. The summed E-state index contributed by atoms with van der Waals surface area (Å²) in [7, 11) is 0. The maximum absolute atomic E-state index is 12.7. The van der Waals surface area contributed by atoms with Crippen LogP contribution < -0.4 is 10.6 Å². The summed E-state index contributed by atoms with van der Waals surface area (Å²) in [5.74, 6) is -0.924. The molecule has 1 fully saturated rings. The minimum absolute atomic E-state index is 0.200. The second-order valence-corrected chi connectivity index (χ2v) is 6.23. The van der Waals surface area contributed by atoms with Gasteiger partial charge in [0, 0.05) is 47.8 Å². The lowest BCUT2D eigenvalue weighted by atomic mass is 10.0. The van der Waals surface area contributed by atoms with Crippen LogP contribution in [0.4, 0.5) is 5.69 Å². The van der Waals surface area contributed by atoms with E-state index in [0.717, 1.165) is 11.3 Å². The monoisotopic (exact) mass is 372 g/mol. The van der Waals surface area contributed by atoms with Crippen LogP contribution in [0.5, 0.6) is 0 Å². The number of nitrogens with zero attached hydrogens (tertiary/aromatic N) is 4. The number of benzene rings is 1. The number of carbonyl (C=O) groups excluding carboxylic acids is 3. The Kier molecular flexibility index (Phi) is 5.90. The molecule has 1 aromatic rings. The molecule has 1 aromatic carbocycles. The van der Waals surface area contributed by atoms with Crippen molar-refractivity contribution in [1.82, 2.24) is 10.2 Å². The third kappa shape index (κ3) is 4.18. The first-order valence-corrected chi connectivity index (χ1v) is 8.71. The van der Waals surface area contributed by atoms with Crippen molar-refractivity contribution < 1.29 is 19.1 Å². The van der Waals surface area contributed by atoms with Gasteiger partial charge >= 0.3 is 0 Å². The molecular weight excluding hydrogens is 352 g/mol. The highest BCUT2D eigenvalue weighted by atomic mass is 16.5. The molecule has 1 atom stereocenters. The fourth-order valence-corrected chi connectivity index (χ4v) is 3.26. The fraction of sp³-hybridized carbons (Fsp3) is 0.471. The van der Waals surface area contributed by atoms with Gasteiger partial charge in [0.05, 0.1) is 13.2 Å². The van der Waals surface area contributed by atoms with E-state index >= 15 is 0 Å². The summed E-state index contributed by atoms with van der Waals surface area (Å²) in [6.45, 7) is 1.91. The Bertz CT molecular complexity index is 805. The molecule has 142 valence electrons. The Labute approximate surface area is 155 Å². The zero-order valence-electron chi connectivity index (χ0n) is 14.7. The molecule has 3 rings (SSSR count). The number of ether oxygens (including phenoxy) is 1. The van der Waals surface area contributed by atoms with E-state index < -0.39 is 11.9 Å². The van der Waals surface area contributed by atoms with Crippen LogP contribution in [0.25, 0.3) is 10.4 Å². The third-order valence-electron chi connectivity index (χ3n) is 4.54. The lowest BCUT2D eigenvalue weighted by Gasteiger charge is -2.29. The minimum atomic E-state index is -0.625. The molecule has 0 aromatic heterocycles. The summed E-state index contributed by atoms with van der Waals surface area (Å²) in [6, 6.07) is 4.78. The molecule has 0 bridgehead atoms. The van der Waals surface area contributed by atoms with Crippen molar-refractivity contribution >= 4 is 23.4 Å². The van der Waals surface area contributed by atoms with E-state index in [9.17, 15) is 14.4 Å². The lowest BCUT2D eigenvalue weighted by Crippen LogP contribution is -2.52. The molecule has 0 spiro atoms. The van der Waals surface area contributed by atoms with Crippen LogP contribution in [0.3, 0.4) is 0 Å². The number of fused-ring (bicyclic) bond motifs is 1. The van der Waals surface area contributed by atoms with Crippen LogP contribution in [0.15, 0.2) is 23.3 Å². The Morgan fingerprint density at radius 3 is 2.96 bits per heavy atom. The van der Waals surface area contributed by atoms with E-state index in [1.54, 1.807) is 12.1 Å². The largest absolute Gasteiger partial charge is 0.382 e. The number of anilines is 1. The van der Waals surface area contributed by atoms with Gasteiger partial charge in [0.2, 0.25) is 11.8 Å². The summed E-state index contributed by atoms with van der Waals surface area (Å²) in [4.78, 5) is 40.3. The molecule has 1 unspecified atom stereocenters. The molecular formula is C17H20N6O4. The van der Waals surface area contributed by atoms with Crippen molar-refractivity contribution in [1.29, 1.82) is 0 Å². The average molecular weight is 372 g/mol. The van der Waals surface area contributed by atoms with Crippen molar-refractivity contribution in [2.75, 3.05) is 31.6 Å². The number of hydrogen-bond donors (Lipinski definition) is 2. The first kappa shape index (κ1) is 18.7. The topological polar surface area (TPSA) is 136 Å². The van der Waals surface area contributed by atoms with Gasteiger partial charge in [-0.3, -0.25) is 19.7 Å². The maximum Gasteiger partial charge on any atom is 0.255 e. The predicted octanol–water partition coefficient (Wildman–Crippen LogP) is 1.19. The van der Waals surface area contributed by atoms with Gasteiger partial charge in [0.25, 0.3) is 5.91 Å². The van der Waals surface area contributed by atoms with Crippen LogP contribution in [-0.2, 0) is 20.9 Å². The number of rotatable bonds is 8. The van der Waals surface area contributed by atoms with E-state index in [4.69, 9.17) is 10.3 Å². The van der Waals surface area contributed by atoms with E-state index in [2.05, 4.69) is 20.7 Å². The number of amides is 3. The Balaban J connectivity index is 1.61. The maximum atomic E-state index is 12.7. The van der Waals surface area contributed by atoms with Crippen molar-refractivity contribution in [2.24, 2.45) is 5.11 Å². The third-order valence-corrected chi connectivity index (χ3v) is 4.54. The molecule has 1 saturated heterocycles. The normalized spacial score (nSPS) is 18.7. The summed E-state index contributed by atoms with van der Waals surface area (Å²) >= 11 is 0. The molecule has 3 amide bonds. The molecule has 10 nitrogen and oxygen atoms in total. The van der Waals surface area contributed by atoms with Gasteiger partial charge in [-0.15, -0.1) is 0 Å². The van der Waals surface area contributed by atoms with Gasteiger partial charge < -0.3 is 15.0 Å². The summed E-state index contributed by atoms with van der Waals surface area (Å²) in [5, 5.41) is 8.92. The van der Waals surface area contributed by atoms with Crippen molar-refractivity contribution in [3.8, 4) is 0 Å². The summed E-state index contributed by atoms with van der Waals surface area (Å²) < 4.78 is 5.35. The second kappa shape index (κ2) is 8.52. The molecule has 0 saturated carbocycles. The fourth-order valence-electron chi connectivity index (χ4n) is 3.26. The Morgan fingerprint density at radius 1 is 1.33 bits per heavy atom. The Morgan fingerprint density at radius 2 is 2.19 bits per heavy atom. The highest BCUT2D eigenvalue weighted by molar-refractivity contribution is 6.06. The highest BCUT2D eigenvalue weighted by Crippen LogP contribution is 2.32. The van der Waals surface area contributed by atoms with Crippen molar-refractivity contribution in [2.45, 2.75) is 25.4 Å². The molecule has 27 heavy (non-hydrogen) atoms. The second-order valence-electron chi connectivity index (χ2n) is 6.23. The zero-order valence-corrected chi connectivity index (χ0v) is 14.7. The highest BCUT2D eigenvalue weighted by Gasteiger charge is 2.39. The molecule has 2 N–H and O–H groups in total. The van der Waals surface area contributed by atoms with Crippen molar-refractivity contribution in [3.63, 3.8) is 0 Å². The molecule has 0 aliphatic carbocycles. The van der Waals surface area contributed by atoms with Crippen LogP contribution in [0.2, 0.25) is 0 Å². The van der Waals surface area contributed by atoms with Gasteiger partial charge in [-0.05, 0) is 24.1 Å². The predicted molar refractivity (Wildman–Crippen MR) is 95.8 cm³/mol. The van der Waals surface area contributed by atoms with Crippen LogP contribution >= 0.6 is 0 Å². The number of carbonyl (C=O) groups is 3. The van der Waals surface area contributed by atoms with Crippen LogP contribution in [0.1, 0.15) is 28.8 Å². The number of hydrogen-bond acceptors (Lipinski definition) is 6. The molecule has 2 aliphatic rings. The molecule has 10 heteroatoms. The standard InChI is InChI=1S/C17H20N6O4/c18-22-20-7-9-27-8-6-19-13-3-1-2-11-12(13)10-23(17(11)26)14-4-5-15(24)21-16(14)25/h1-3,14,19H,4-10H2,(H,21,24,25). The number of azide groups is 1. The lowest BCUT2D eigenvalue weighted by molar-refractivity contribution is -0.136. The van der Waals surface area contributed by atoms with Gasteiger partial charge in [-0.25, -0.2) is 0 Å². The van der Waals surface area contributed by atoms with E-state index in [-0.39, 0.29) is 24.8 Å². The van der Waals surface area contributed by atoms with Gasteiger partial charge in [-0.2, -0.15) is 0 Å². The first-order chi connectivity index (χ1) is 13.1. The number of imide groups is 1. The number of nitrogens with one attached hydrogen (secondary N) is 2. The van der Waals surface area contributed by atoms with Gasteiger partial charge in [-0.1, -0.05) is 11.2 Å². The first-order valence-electron chi connectivity index (χ1n) is 8.71. The summed E-state index contributed by atoms with van der Waals surface area (Å²) in [5.41, 5.74) is 10.4. The van der Waals surface area contributed by atoms with Crippen molar-refractivity contribution in [3.05, 3.63) is 39.8 Å². The number of piperidine rings is 1. The molecule has 2 aliphatic heterocycles. The van der Waals surface area contributed by atoms with E-state index in [1.807, 2.05) is 6.07 Å². The summed E-state index contributed by atoms with van der Waals surface area (Å²) in [6.07, 6.45) is 0.570. The van der Waals surface area contributed by atoms with Gasteiger partial charge in [0.1, 0.15) is 6.04 Å². The average Bonchev–Trinajstić information content (AvgIpc) is 2.98. The zero-order chi connectivity index (χ0) is 19.2. The van der Waals surface area contributed by atoms with Gasteiger partial charge in [0.15, 0.2) is 0 Å². The van der Waals surface area contributed by atoms with Crippen LogP contribution in [0, 0.1) is 0 Å². The molecule has 0 radical (unpaired) electrons. The SMILES string of the molecule is [N-]=[N+]=NCCOCCNc1cccc2c1CN(C1CCC(=O)NC1=O)C2=O.